The Morgan fingerprint density at radius 2 is 1.88 bits per heavy atom. The van der Waals surface area contributed by atoms with Gasteiger partial charge in [-0.05, 0) is 60.2 Å². The van der Waals surface area contributed by atoms with Crippen molar-refractivity contribution in [3.8, 4) is 5.75 Å². The molecule has 0 spiro atoms. The van der Waals surface area contributed by atoms with Crippen molar-refractivity contribution in [2.45, 2.75) is 20.0 Å². The van der Waals surface area contributed by atoms with Gasteiger partial charge in [0.15, 0.2) is 0 Å². The third-order valence-electron chi connectivity index (χ3n) is 4.80. The maximum absolute atomic E-state index is 13.0. The number of aryl methyl sites for hydroxylation is 1. The second kappa shape index (κ2) is 9.86. The van der Waals surface area contributed by atoms with Gasteiger partial charge in [-0.15, -0.1) is 0 Å². The molecule has 1 heterocycles. The Labute approximate surface area is 203 Å². The van der Waals surface area contributed by atoms with Crippen LogP contribution in [0.4, 0.5) is 0 Å². The SMILES string of the molecule is CCc1nc2ccc(Br)cc2c(=O)n1N=Cc1ccc(OCc2ccc(Cl)cc2Cl)cc1. The molecule has 0 aliphatic rings. The smallest absolute Gasteiger partial charge is 0.282 e. The molecule has 4 aromatic rings. The third-order valence-corrected chi connectivity index (χ3v) is 5.88. The first kappa shape index (κ1) is 22.5. The summed E-state index contributed by atoms with van der Waals surface area (Å²) in [7, 11) is 0. The fourth-order valence-corrected chi connectivity index (χ4v) is 3.94. The van der Waals surface area contributed by atoms with Gasteiger partial charge in [0.2, 0.25) is 0 Å². The summed E-state index contributed by atoms with van der Waals surface area (Å²) in [6.45, 7) is 2.27. The van der Waals surface area contributed by atoms with Crippen molar-refractivity contribution in [3.05, 3.63) is 102 Å². The minimum Gasteiger partial charge on any atom is -0.489 e. The van der Waals surface area contributed by atoms with E-state index in [1.54, 1.807) is 24.4 Å². The van der Waals surface area contributed by atoms with Gasteiger partial charge in [-0.1, -0.05) is 52.1 Å². The van der Waals surface area contributed by atoms with Gasteiger partial charge >= 0.3 is 0 Å². The number of fused-ring (bicyclic) bond motifs is 1. The summed E-state index contributed by atoms with van der Waals surface area (Å²) in [6, 6.07) is 18.2. The lowest BCUT2D eigenvalue weighted by Crippen LogP contribution is -2.22. The van der Waals surface area contributed by atoms with Crippen LogP contribution in [0.25, 0.3) is 10.9 Å². The topological polar surface area (TPSA) is 56.5 Å². The molecule has 0 fully saturated rings. The van der Waals surface area contributed by atoms with E-state index in [0.717, 1.165) is 15.6 Å². The van der Waals surface area contributed by atoms with Crippen LogP contribution in [0.2, 0.25) is 10.0 Å². The molecule has 5 nitrogen and oxygen atoms in total. The van der Waals surface area contributed by atoms with E-state index in [4.69, 9.17) is 27.9 Å². The highest BCUT2D eigenvalue weighted by Crippen LogP contribution is 2.23. The molecule has 0 saturated carbocycles. The molecule has 0 atom stereocenters. The van der Waals surface area contributed by atoms with Crippen LogP contribution < -0.4 is 10.3 Å². The molecule has 1 aromatic heterocycles. The van der Waals surface area contributed by atoms with Crippen LogP contribution in [0.5, 0.6) is 5.75 Å². The molecule has 3 aromatic carbocycles. The van der Waals surface area contributed by atoms with E-state index in [-0.39, 0.29) is 5.56 Å². The number of aromatic nitrogens is 2. The quantitative estimate of drug-likeness (QED) is 0.268. The van der Waals surface area contributed by atoms with E-state index in [2.05, 4.69) is 26.0 Å². The molecule has 0 aliphatic carbocycles. The average Bonchev–Trinajstić information content (AvgIpc) is 2.79. The number of benzene rings is 3. The first-order valence-corrected chi connectivity index (χ1v) is 11.4. The van der Waals surface area contributed by atoms with Crippen LogP contribution in [0.3, 0.4) is 0 Å². The number of halogens is 3. The summed E-state index contributed by atoms with van der Waals surface area (Å²) in [6.07, 6.45) is 2.21. The molecule has 0 unspecified atom stereocenters. The zero-order chi connectivity index (χ0) is 22.7. The van der Waals surface area contributed by atoms with E-state index < -0.39 is 0 Å². The van der Waals surface area contributed by atoms with Crippen molar-refractivity contribution in [1.29, 1.82) is 0 Å². The Kier molecular flexibility index (Phi) is 6.94. The molecule has 0 amide bonds. The molecule has 0 bridgehead atoms. The Hall–Kier alpha value is -2.67. The highest BCUT2D eigenvalue weighted by atomic mass is 79.9. The maximum Gasteiger partial charge on any atom is 0.282 e. The monoisotopic (exact) mass is 529 g/mol. The fourth-order valence-electron chi connectivity index (χ4n) is 3.12. The number of hydrogen-bond donors (Lipinski definition) is 0. The fraction of sp³-hybridized carbons (Fsp3) is 0.125. The van der Waals surface area contributed by atoms with E-state index in [9.17, 15) is 4.79 Å². The van der Waals surface area contributed by atoms with Crippen LogP contribution in [-0.2, 0) is 13.0 Å². The van der Waals surface area contributed by atoms with Crippen molar-refractivity contribution in [2.24, 2.45) is 5.10 Å². The van der Waals surface area contributed by atoms with Gasteiger partial charge in [-0.25, -0.2) is 4.98 Å². The predicted octanol–water partition coefficient (Wildman–Crippen LogP) is 6.49. The Morgan fingerprint density at radius 3 is 2.59 bits per heavy atom. The largest absolute Gasteiger partial charge is 0.489 e. The van der Waals surface area contributed by atoms with Gasteiger partial charge in [0.25, 0.3) is 5.56 Å². The summed E-state index contributed by atoms with van der Waals surface area (Å²) in [5.74, 6) is 1.29. The van der Waals surface area contributed by atoms with Gasteiger partial charge in [-0.2, -0.15) is 9.78 Å². The van der Waals surface area contributed by atoms with Crippen LogP contribution >= 0.6 is 39.1 Å². The molecule has 162 valence electrons. The molecule has 8 heteroatoms. The van der Waals surface area contributed by atoms with Gasteiger partial charge in [0.05, 0.1) is 17.1 Å². The molecule has 0 N–H and O–H groups in total. The van der Waals surface area contributed by atoms with Crippen molar-refractivity contribution < 1.29 is 4.74 Å². The Bertz CT molecular complexity index is 1370. The minimum absolute atomic E-state index is 0.204. The lowest BCUT2D eigenvalue weighted by molar-refractivity contribution is 0.306. The summed E-state index contributed by atoms with van der Waals surface area (Å²) in [4.78, 5) is 17.5. The summed E-state index contributed by atoms with van der Waals surface area (Å²) in [5.41, 5.74) is 2.13. The van der Waals surface area contributed by atoms with Crippen LogP contribution in [-0.4, -0.2) is 15.9 Å². The summed E-state index contributed by atoms with van der Waals surface area (Å²) in [5, 5.41) is 6.06. The summed E-state index contributed by atoms with van der Waals surface area (Å²) < 4.78 is 7.97. The third kappa shape index (κ3) is 5.04. The van der Waals surface area contributed by atoms with Crippen LogP contribution in [0.15, 0.2) is 75.0 Å². The molecule has 0 aliphatic heterocycles. The first-order valence-electron chi connectivity index (χ1n) is 9.87. The number of hydrogen-bond acceptors (Lipinski definition) is 4. The predicted molar refractivity (Wildman–Crippen MR) is 133 cm³/mol. The van der Waals surface area contributed by atoms with Gasteiger partial charge in [0.1, 0.15) is 18.2 Å². The molecule has 0 saturated heterocycles. The van der Waals surface area contributed by atoms with Gasteiger partial charge < -0.3 is 4.74 Å². The normalized spacial score (nSPS) is 11.4. The molecular weight excluding hydrogens is 513 g/mol. The molecule has 32 heavy (non-hydrogen) atoms. The number of ether oxygens (including phenoxy) is 1. The van der Waals surface area contributed by atoms with Crippen molar-refractivity contribution >= 4 is 56.2 Å². The lowest BCUT2D eigenvalue weighted by atomic mass is 10.2. The second-order valence-electron chi connectivity index (χ2n) is 7.00. The van der Waals surface area contributed by atoms with Crippen molar-refractivity contribution in [1.82, 2.24) is 9.66 Å². The first-order chi connectivity index (χ1) is 15.4. The lowest BCUT2D eigenvalue weighted by Gasteiger charge is -2.09. The minimum atomic E-state index is -0.204. The molecular formula is C24H18BrCl2N3O2. The zero-order valence-electron chi connectivity index (χ0n) is 17.1. The Balaban J connectivity index is 1.53. The van der Waals surface area contributed by atoms with Crippen molar-refractivity contribution in [2.75, 3.05) is 0 Å². The van der Waals surface area contributed by atoms with E-state index in [0.29, 0.717) is 45.5 Å². The highest BCUT2D eigenvalue weighted by molar-refractivity contribution is 9.10. The van der Waals surface area contributed by atoms with Crippen molar-refractivity contribution in [3.63, 3.8) is 0 Å². The summed E-state index contributed by atoms with van der Waals surface area (Å²) >= 11 is 15.5. The van der Waals surface area contributed by atoms with E-state index in [1.807, 2.05) is 49.4 Å². The molecule has 4 rings (SSSR count). The number of rotatable bonds is 6. The molecule has 0 radical (unpaired) electrons. The average molecular weight is 531 g/mol. The Morgan fingerprint density at radius 1 is 1.09 bits per heavy atom. The number of nitrogens with zero attached hydrogens (tertiary/aromatic N) is 3. The van der Waals surface area contributed by atoms with Gasteiger partial charge in [-0.3, -0.25) is 4.79 Å². The van der Waals surface area contributed by atoms with E-state index in [1.165, 1.54) is 4.68 Å². The highest BCUT2D eigenvalue weighted by Gasteiger charge is 2.09. The standard InChI is InChI=1S/C24H18BrCl2N3O2/c1-2-23-29-22-10-6-17(25)11-20(22)24(31)30(23)28-13-15-3-8-19(9-4-15)32-14-16-5-7-18(26)12-21(16)27/h3-13H,2,14H2,1H3. The van der Waals surface area contributed by atoms with Crippen LogP contribution in [0, 0.1) is 0 Å². The zero-order valence-corrected chi connectivity index (χ0v) is 20.2. The maximum atomic E-state index is 13.0. The second-order valence-corrected chi connectivity index (χ2v) is 8.76. The van der Waals surface area contributed by atoms with E-state index >= 15 is 0 Å². The van der Waals surface area contributed by atoms with Gasteiger partial charge in [0, 0.05) is 26.5 Å². The van der Waals surface area contributed by atoms with Crippen LogP contribution in [0.1, 0.15) is 23.9 Å².